The maximum Gasteiger partial charge on any atom is 0.252 e. The SMILES string of the molecule is O=C(Nc1cnn(-c2c(F)cccc2F)c1)C1(C(F)F)CCC1. The Morgan fingerprint density at radius 2 is 1.91 bits per heavy atom. The van der Waals surface area contributed by atoms with E-state index < -0.39 is 35.1 Å². The molecule has 1 N–H and O–H groups in total. The Morgan fingerprint density at radius 3 is 2.43 bits per heavy atom. The summed E-state index contributed by atoms with van der Waals surface area (Å²) >= 11 is 0. The van der Waals surface area contributed by atoms with Crippen molar-refractivity contribution in [1.29, 1.82) is 0 Å². The van der Waals surface area contributed by atoms with Crippen LogP contribution in [0.15, 0.2) is 30.6 Å². The largest absolute Gasteiger partial charge is 0.323 e. The third-order valence-electron chi connectivity index (χ3n) is 4.12. The second kappa shape index (κ2) is 5.68. The van der Waals surface area contributed by atoms with E-state index in [1.807, 2.05) is 0 Å². The second-order valence-electron chi connectivity index (χ2n) is 5.51. The normalized spacial score (nSPS) is 16.2. The lowest BCUT2D eigenvalue weighted by atomic mass is 9.68. The fourth-order valence-electron chi connectivity index (χ4n) is 2.58. The van der Waals surface area contributed by atoms with Crippen molar-refractivity contribution in [2.24, 2.45) is 5.41 Å². The number of halogens is 4. The third kappa shape index (κ3) is 2.58. The van der Waals surface area contributed by atoms with Crippen molar-refractivity contribution in [3.05, 3.63) is 42.2 Å². The number of benzene rings is 1. The fraction of sp³-hybridized carbons (Fsp3) is 0.333. The van der Waals surface area contributed by atoms with Gasteiger partial charge in [-0.2, -0.15) is 5.10 Å². The van der Waals surface area contributed by atoms with Crippen molar-refractivity contribution in [1.82, 2.24) is 9.78 Å². The monoisotopic (exact) mass is 327 g/mol. The highest BCUT2D eigenvalue weighted by atomic mass is 19.3. The lowest BCUT2D eigenvalue weighted by Gasteiger charge is -2.38. The van der Waals surface area contributed by atoms with Crippen LogP contribution in [-0.2, 0) is 4.79 Å². The van der Waals surface area contributed by atoms with Crippen molar-refractivity contribution in [2.45, 2.75) is 25.7 Å². The molecule has 3 rings (SSSR count). The number of carbonyl (C=O) groups is 1. The number of para-hydroxylation sites is 1. The first-order valence-electron chi connectivity index (χ1n) is 7.03. The van der Waals surface area contributed by atoms with Gasteiger partial charge in [0.1, 0.15) is 11.1 Å². The molecular weight excluding hydrogens is 314 g/mol. The van der Waals surface area contributed by atoms with Crippen molar-refractivity contribution in [3.63, 3.8) is 0 Å². The average Bonchev–Trinajstić information content (AvgIpc) is 2.84. The molecule has 1 aliphatic carbocycles. The van der Waals surface area contributed by atoms with Gasteiger partial charge in [0, 0.05) is 0 Å². The Hall–Kier alpha value is -2.38. The van der Waals surface area contributed by atoms with E-state index >= 15 is 0 Å². The number of nitrogens with zero attached hydrogens (tertiary/aromatic N) is 2. The quantitative estimate of drug-likeness (QED) is 0.874. The van der Waals surface area contributed by atoms with E-state index in [-0.39, 0.29) is 18.5 Å². The maximum atomic E-state index is 13.7. The van der Waals surface area contributed by atoms with Crippen LogP contribution < -0.4 is 5.32 Å². The number of alkyl halides is 2. The van der Waals surface area contributed by atoms with Crippen LogP contribution in [0.1, 0.15) is 19.3 Å². The molecule has 1 heterocycles. The molecule has 1 amide bonds. The Morgan fingerprint density at radius 1 is 1.26 bits per heavy atom. The molecule has 1 aromatic carbocycles. The number of amides is 1. The summed E-state index contributed by atoms with van der Waals surface area (Å²) in [6.07, 6.45) is 0.380. The summed E-state index contributed by atoms with van der Waals surface area (Å²) in [5.41, 5.74) is -1.98. The first-order valence-corrected chi connectivity index (χ1v) is 7.03. The van der Waals surface area contributed by atoms with Crippen LogP contribution in [0.4, 0.5) is 23.2 Å². The molecule has 1 aromatic heterocycles. The van der Waals surface area contributed by atoms with Crippen LogP contribution >= 0.6 is 0 Å². The van der Waals surface area contributed by atoms with Crippen molar-refractivity contribution in [2.75, 3.05) is 5.32 Å². The number of carbonyl (C=O) groups excluding carboxylic acids is 1. The molecule has 0 radical (unpaired) electrons. The molecule has 0 atom stereocenters. The molecule has 0 aliphatic heterocycles. The lowest BCUT2D eigenvalue weighted by molar-refractivity contribution is -0.144. The van der Waals surface area contributed by atoms with Crippen LogP contribution in [0.25, 0.3) is 5.69 Å². The Balaban J connectivity index is 1.82. The van der Waals surface area contributed by atoms with Gasteiger partial charge in [0.15, 0.2) is 11.6 Å². The second-order valence-corrected chi connectivity index (χ2v) is 5.51. The molecule has 23 heavy (non-hydrogen) atoms. The topological polar surface area (TPSA) is 46.9 Å². The summed E-state index contributed by atoms with van der Waals surface area (Å²) in [7, 11) is 0. The first-order chi connectivity index (χ1) is 10.9. The molecule has 0 spiro atoms. The van der Waals surface area contributed by atoms with Gasteiger partial charge in [-0.3, -0.25) is 4.79 Å². The van der Waals surface area contributed by atoms with Crippen LogP contribution in [0.3, 0.4) is 0 Å². The first kappa shape index (κ1) is 15.5. The van der Waals surface area contributed by atoms with E-state index in [0.29, 0.717) is 6.42 Å². The van der Waals surface area contributed by atoms with Gasteiger partial charge < -0.3 is 5.32 Å². The Labute approximate surface area is 129 Å². The van der Waals surface area contributed by atoms with Crippen LogP contribution in [0, 0.1) is 17.0 Å². The highest BCUT2D eigenvalue weighted by Gasteiger charge is 2.51. The Kier molecular flexibility index (Phi) is 3.83. The molecule has 0 saturated heterocycles. The molecule has 4 nitrogen and oxygen atoms in total. The summed E-state index contributed by atoms with van der Waals surface area (Å²) in [6.45, 7) is 0. The molecule has 1 aliphatic rings. The van der Waals surface area contributed by atoms with Gasteiger partial charge in [0.05, 0.1) is 18.1 Å². The van der Waals surface area contributed by atoms with E-state index in [4.69, 9.17) is 0 Å². The Bertz CT molecular complexity index is 720. The highest BCUT2D eigenvalue weighted by molar-refractivity contribution is 5.96. The van der Waals surface area contributed by atoms with Gasteiger partial charge in [-0.25, -0.2) is 22.2 Å². The van der Waals surface area contributed by atoms with Crippen molar-refractivity contribution >= 4 is 11.6 Å². The standard InChI is InChI=1S/C15H13F4N3O/c16-10-3-1-4-11(17)12(10)22-8-9(7-20-22)21-14(23)15(13(18)19)5-2-6-15/h1,3-4,7-8,13H,2,5-6H2,(H,21,23). The van der Waals surface area contributed by atoms with Crippen LogP contribution in [-0.4, -0.2) is 22.1 Å². The predicted octanol–water partition coefficient (Wildman–Crippen LogP) is 3.52. The molecule has 122 valence electrons. The number of anilines is 1. The van der Waals surface area contributed by atoms with Crippen LogP contribution in [0.2, 0.25) is 0 Å². The van der Waals surface area contributed by atoms with E-state index in [1.165, 1.54) is 12.3 Å². The number of hydrogen-bond acceptors (Lipinski definition) is 2. The molecular formula is C15H13F4N3O. The van der Waals surface area contributed by atoms with E-state index in [0.717, 1.165) is 23.0 Å². The van der Waals surface area contributed by atoms with Gasteiger partial charge in [-0.1, -0.05) is 12.5 Å². The third-order valence-corrected chi connectivity index (χ3v) is 4.12. The highest BCUT2D eigenvalue weighted by Crippen LogP contribution is 2.46. The van der Waals surface area contributed by atoms with Gasteiger partial charge in [-0.15, -0.1) is 0 Å². The summed E-state index contributed by atoms with van der Waals surface area (Å²) < 4.78 is 54.4. The average molecular weight is 327 g/mol. The van der Waals surface area contributed by atoms with Gasteiger partial charge in [0.25, 0.3) is 6.43 Å². The maximum absolute atomic E-state index is 13.7. The molecule has 2 aromatic rings. The van der Waals surface area contributed by atoms with Crippen LogP contribution in [0.5, 0.6) is 0 Å². The zero-order valence-corrected chi connectivity index (χ0v) is 11.9. The van der Waals surface area contributed by atoms with Gasteiger partial charge in [0.2, 0.25) is 5.91 Å². The summed E-state index contributed by atoms with van der Waals surface area (Å²) in [5.74, 6) is -2.45. The number of nitrogens with one attached hydrogen (secondary N) is 1. The number of hydrogen-bond donors (Lipinski definition) is 1. The van der Waals surface area contributed by atoms with E-state index in [9.17, 15) is 22.4 Å². The zero-order chi connectivity index (χ0) is 16.6. The molecule has 0 unspecified atom stereocenters. The van der Waals surface area contributed by atoms with Gasteiger partial charge in [-0.05, 0) is 25.0 Å². The summed E-state index contributed by atoms with van der Waals surface area (Å²) in [6, 6.07) is 3.35. The predicted molar refractivity (Wildman–Crippen MR) is 74.4 cm³/mol. The molecule has 0 bridgehead atoms. The van der Waals surface area contributed by atoms with E-state index in [1.54, 1.807) is 0 Å². The lowest BCUT2D eigenvalue weighted by Crippen LogP contribution is -2.47. The zero-order valence-electron chi connectivity index (χ0n) is 11.9. The molecule has 1 fully saturated rings. The minimum atomic E-state index is -2.75. The van der Waals surface area contributed by atoms with Gasteiger partial charge >= 0.3 is 0 Å². The van der Waals surface area contributed by atoms with Crippen molar-refractivity contribution < 1.29 is 22.4 Å². The number of rotatable bonds is 4. The minimum Gasteiger partial charge on any atom is -0.323 e. The summed E-state index contributed by atoms with van der Waals surface area (Å²) in [4.78, 5) is 12.1. The summed E-state index contributed by atoms with van der Waals surface area (Å²) in [5, 5.41) is 6.11. The smallest absolute Gasteiger partial charge is 0.252 e. The molecule has 1 saturated carbocycles. The number of aromatic nitrogens is 2. The van der Waals surface area contributed by atoms with Crippen molar-refractivity contribution in [3.8, 4) is 5.69 Å². The minimum absolute atomic E-state index is 0.101. The molecule has 8 heteroatoms. The fourth-order valence-corrected chi connectivity index (χ4v) is 2.58. The van der Waals surface area contributed by atoms with E-state index in [2.05, 4.69) is 10.4 Å².